The molecule has 2 aromatic heterocycles. The van der Waals surface area contributed by atoms with Crippen molar-refractivity contribution >= 4 is 11.8 Å². The van der Waals surface area contributed by atoms with Crippen LogP contribution in [0.1, 0.15) is 24.4 Å². The predicted octanol–water partition coefficient (Wildman–Crippen LogP) is 2.53. The Morgan fingerprint density at radius 2 is 2.15 bits per heavy atom. The molecule has 0 fully saturated rings. The van der Waals surface area contributed by atoms with E-state index in [4.69, 9.17) is 0 Å². The maximum atomic E-state index is 15.1. The molecule has 0 aliphatic heterocycles. The first-order valence-electron chi connectivity index (χ1n) is 8.24. The molecule has 140 valence electrons. The summed E-state index contributed by atoms with van der Waals surface area (Å²) in [6.45, 7) is 1.90. The third-order valence-electron chi connectivity index (χ3n) is 4.05. The Labute approximate surface area is 154 Å². The van der Waals surface area contributed by atoms with E-state index in [9.17, 15) is 14.7 Å². The second-order valence-corrected chi connectivity index (χ2v) is 5.87. The molecule has 8 nitrogen and oxygen atoms in total. The number of carbonyl (C=O) groups is 1. The van der Waals surface area contributed by atoms with E-state index in [1.807, 2.05) is 0 Å². The standard InChI is InChI=1S/C18H18FN5O3/c1-3-23(18(26)27)13-6-4-5-12(9-13)16(19)17-15(25)7-8-24(21-17)14-10-20-22(2)11-14/h4-11,16H,3H2,1-2H3,(H,26,27). The van der Waals surface area contributed by atoms with E-state index in [0.29, 0.717) is 11.4 Å². The van der Waals surface area contributed by atoms with Gasteiger partial charge >= 0.3 is 6.09 Å². The molecule has 1 amide bonds. The van der Waals surface area contributed by atoms with Gasteiger partial charge in [0.15, 0.2) is 6.17 Å². The number of aryl methyl sites for hydroxylation is 1. The molecule has 1 unspecified atom stereocenters. The van der Waals surface area contributed by atoms with Gasteiger partial charge in [-0.05, 0) is 24.6 Å². The highest BCUT2D eigenvalue weighted by atomic mass is 19.1. The fourth-order valence-corrected chi connectivity index (χ4v) is 2.70. The molecule has 0 radical (unpaired) electrons. The number of rotatable bonds is 5. The minimum absolute atomic E-state index is 0.153. The monoisotopic (exact) mass is 371 g/mol. The van der Waals surface area contributed by atoms with Gasteiger partial charge in [-0.2, -0.15) is 10.2 Å². The fraction of sp³-hybridized carbons (Fsp3) is 0.222. The highest BCUT2D eigenvalue weighted by Crippen LogP contribution is 2.26. The second kappa shape index (κ2) is 7.40. The van der Waals surface area contributed by atoms with Crippen molar-refractivity contribution < 1.29 is 14.3 Å². The summed E-state index contributed by atoms with van der Waals surface area (Å²) in [6.07, 6.45) is 1.73. The summed E-state index contributed by atoms with van der Waals surface area (Å²) in [5.74, 6) is 0. The van der Waals surface area contributed by atoms with Gasteiger partial charge in [-0.3, -0.25) is 14.4 Å². The molecular formula is C18H18FN5O3. The lowest BCUT2D eigenvalue weighted by Gasteiger charge is -2.18. The van der Waals surface area contributed by atoms with Gasteiger partial charge in [-0.1, -0.05) is 12.1 Å². The zero-order valence-electron chi connectivity index (χ0n) is 14.8. The van der Waals surface area contributed by atoms with E-state index in [0.717, 1.165) is 4.90 Å². The number of benzene rings is 1. The number of alkyl halides is 1. The van der Waals surface area contributed by atoms with Crippen LogP contribution < -0.4 is 10.3 Å². The van der Waals surface area contributed by atoms with Crippen molar-refractivity contribution in [2.45, 2.75) is 13.1 Å². The molecule has 3 rings (SSSR count). The largest absolute Gasteiger partial charge is 0.465 e. The molecule has 0 bridgehead atoms. The number of halogens is 1. The average Bonchev–Trinajstić information content (AvgIpc) is 3.08. The topological polar surface area (TPSA) is 93.2 Å². The summed E-state index contributed by atoms with van der Waals surface area (Å²) in [5.41, 5.74) is 0.243. The summed E-state index contributed by atoms with van der Waals surface area (Å²) in [5, 5.41) is 17.4. The lowest BCUT2D eigenvalue weighted by atomic mass is 10.1. The molecule has 9 heteroatoms. The first-order valence-corrected chi connectivity index (χ1v) is 8.24. The third-order valence-corrected chi connectivity index (χ3v) is 4.05. The van der Waals surface area contributed by atoms with E-state index in [1.165, 1.54) is 29.1 Å². The maximum Gasteiger partial charge on any atom is 0.411 e. The number of nitrogens with zero attached hydrogens (tertiary/aromatic N) is 5. The molecule has 0 saturated carbocycles. The summed E-state index contributed by atoms with van der Waals surface area (Å²) in [4.78, 5) is 24.5. The highest BCUT2D eigenvalue weighted by molar-refractivity contribution is 5.86. The third kappa shape index (κ3) is 3.71. The first kappa shape index (κ1) is 18.3. The van der Waals surface area contributed by atoms with Crippen LogP contribution >= 0.6 is 0 Å². The van der Waals surface area contributed by atoms with Gasteiger partial charge in [-0.25, -0.2) is 13.9 Å². The van der Waals surface area contributed by atoms with Crippen LogP contribution in [0.5, 0.6) is 0 Å². The Morgan fingerprint density at radius 1 is 1.37 bits per heavy atom. The van der Waals surface area contributed by atoms with E-state index >= 15 is 4.39 Å². The first-order chi connectivity index (χ1) is 12.9. The summed E-state index contributed by atoms with van der Waals surface area (Å²) >= 11 is 0. The van der Waals surface area contributed by atoms with Crippen molar-refractivity contribution in [3.05, 3.63) is 70.4 Å². The quantitative estimate of drug-likeness (QED) is 0.744. The Hall–Kier alpha value is -3.49. The number of hydrogen-bond acceptors (Lipinski definition) is 4. The van der Waals surface area contributed by atoms with Gasteiger partial charge < -0.3 is 5.11 Å². The maximum absolute atomic E-state index is 15.1. The number of amides is 1. The summed E-state index contributed by atoms with van der Waals surface area (Å²) in [7, 11) is 1.73. The zero-order chi connectivity index (χ0) is 19.6. The molecule has 27 heavy (non-hydrogen) atoms. The molecule has 0 saturated heterocycles. The van der Waals surface area contributed by atoms with E-state index < -0.39 is 17.7 Å². The minimum atomic E-state index is -1.80. The van der Waals surface area contributed by atoms with E-state index in [1.54, 1.807) is 43.2 Å². The van der Waals surface area contributed by atoms with Crippen LogP contribution in [0, 0.1) is 0 Å². The van der Waals surface area contributed by atoms with E-state index in [-0.39, 0.29) is 17.8 Å². The molecule has 0 aliphatic rings. The molecule has 1 N–H and O–H groups in total. The zero-order valence-corrected chi connectivity index (χ0v) is 14.8. The lowest BCUT2D eigenvalue weighted by Crippen LogP contribution is -2.28. The van der Waals surface area contributed by atoms with Gasteiger partial charge in [0.1, 0.15) is 11.4 Å². The van der Waals surface area contributed by atoms with Crippen molar-refractivity contribution in [2.24, 2.45) is 7.05 Å². The Kier molecular flexibility index (Phi) is 5.02. The second-order valence-electron chi connectivity index (χ2n) is 5.87. The van der Waals surface area contributed by atoms with Crippen molar-refractivity contribution in [1.82, 2.24) is 19.6 Å². The SMILES string of the molecule is CCN(C(=O)O)c1cccc(C(F)c2nn(-c3cnn(C)c3)ccc2=O)c1. The Balaban J connectivity index is 2.00. The Bertz CT molecular complexity index is 1030. The van der Waals surface area contributed by atoms with Gasteiger partial charge in [0.05, 0.1) is 12.4 Å². The van der Waals surface area contributed by atoms with Gasteiger partial charge in [-0.15, -0.1) is 0 Å². The number of carboxylic acid groups (broad SMARTS) is 1. The van der Waals surface area contributed by atoms with E-state index in [2.05, 4.69) is 10.2 Å². The molecule has 3 aromatic rings. The summed E-state index contributed by atoms with van der Waals surface area (Å²) < 4.78 is 18.1. The number of aromatic nitrogens is 4. The van der Waals surface area contributed by atoms with Crippen molar-refractivity contribution in [1.29, 1.82) is 0 Å². The van der Waals surface area contributed by atoms with Gasteiger partial charge in [0, 0.05) is 31.5 Å². The van der Waals surface area contributed by atoms with Crippen LogP contribution in [-0.2, 0) is 7.05 Å². The molecule has 0 aliphatic carbocycles. The van der Waals surface area contributed by atoms with Crippen molar-refractivity contribution in [3.63, 3.8) is 0 Å². The highest BCUT2D eigenvalue weighted by Gasteiger charge is 2.21. The summed E-state index contributed by atoms with van der Waals surface area (Å²) in [6, 6.07) is 7.25. The molecule has 1 atom stereocenters. The van der Waals surface area contributed by atoms with Crippen LogP contribution in [0.2, 0.25) is 0 Å². The molecule has 1 aromatic carbocycles. The predicted molar refractivity (Wildman–Crippen MR) is 97.0 cm³/mol. The van der Waals surface area contributed by atoms with Gasteiger partial charge in [0.25, 0.3) is 0 Å². The molecular weight excluding hydrogens is 353 g/mol. The normalized spacial score (nSPS) is 12.0. The average molecular weight is 371 g/mol. The number of anilines is 1. The smallest absolute Gasteiger partial charge is 0.411 e. The Morgan fingerprint density at radius 3 is 2.78 bits per heavy atom. The van der Waals surface area contributed by atoms with Crippen LogP contribution in [0.25, 0.3) is 5.69 Å². The van der Waals surface area contributed by atoms with Gasteiger partial charge in [0.2, 0.25) is 5.43 Å². The van der Waals surface area contributed by atoms with Crippen LogP contribution in [0.4, 0.5) is 14.9 Å². The molecule has 0 spiro atoms. The lowest BCUT2D eigenvalue weighted by molar-refractivity contribution is 0.202. The number of hydrogen-bond donors (Lipinski definition) is 1. The minimum Gasteiger partial charge on any atom is -0.465 e. The van der Waals surface area contributed by atoms with Crippen LogP contribution in [0.15, 0.2) is 53.7 Å². The van der Waals surface area contributed by atoms with Crippen molar-refractivity contribution in [3.8, 4) is 5.69 Å². The fourth-order valence-electron chi connectivity index (χ4n) is 2.70. The van der Waals surface area contributed by atoms with Crippen LogP contribution in [-0.4, -0.2) is 37.3 Å². The van der Waals surface area contributed by atoms with Crippen molar-refractivity contribution in [2.75, 3.05) is 11.4 Å². The van der Waals surface area contributed by atoms with Crippen LogP contribution in [0.3, 0.4) is 0 Å². The molecule has 2 heterocycles.